The third-order valence-electron chi connectivity index (χ3n) is 4.84. The lowest BCUT2D eigenvalue weighted by Crippen LogP contribution is -2.38. The molecule has 2 N–H and O–H groups in total. The predicted molar refractivity (Wildman–Crippen MR) is 129 cm³/mol. The molecule has 176 valence electrons. The molecular weight excluding hydrogens is 434 g/mol. The SMILES string of the molecule is COc1ccc(CCNC(=O)C(=O)N/N=C\c2cccc(OCc3ccccc3)c2)cc1OC. The molecule has 0 radical (unpaired) electrons. The van der Waals surface area contributed by atoms with Crippen molar-refractivity contribution in [1.82, 2.24) is 10.7 Å². The van der Waals surface area contributed by atoms with Crippen LogP contribution in [0.4, 0.5) is 0 Å². The highest BCUT2D eigenvalue weighted by Gasteiger charge is 2.12. The molecule has 0 aliphatic carbocycles. The van der Waals surface area contributed by atoms with Crippen molar-refractivity contribution in [2.45, 2.75) is 13.0 Å². The van der Waals surface area contributed by atoms with E-state index >= 15 is 0 Å². The Hall–Kier alpha value is -4.33. The molecular formula is C26H27N3O5. The van der Waals surface area contributed by atoms with Crippen LogP contribution >= 0.6 is 0 Å². The highest BCUT2D eigenvalue weighted by molar-refractivity contribution is 6.35. The van der Waals surface area contributed by atoms with E-state index in [9.17, 15) is 9.59 Å². The summed E-state index contributed by atoms with van der Waals surface area (Å²) in [5.41, 5.74) is 4.95. The van der Waals surface area contributed by atoms with E-state index in [1.54, 1.807) is 26.4 Å². The van der Waals surface area contributed by atoms with Crippen LogP contribution in [0.25, 0.3) is 0 Å². The standard InChI is InChI=1S/C26H27N3O5/c1-32-23-12-11-19(16-24(23)33-2)13-14-27-25(30)26(31)29-28-17-21-9-6-10-22(15-21)34-18-20-7-4-3-5-8-20/h3-12,15-17H,13-14,18H2,1-2H3,(H,27,30)(H,29,31)/b28-17-. The van der Waals surface area contributed by atoms with Crippen LogP contribution in [0.2, 0.25) is 0 Å². The maximum atomic E-state index is 12.0. The number of hydrogen-bond acceptors (Lipinski definition) is 6. The van der Waals surface area contributed by atoms with Gasteiger partial charge in [-0.2, -0.15) is 5.10 Å². The van der Waals surface area contributed by atoms with E-state index in [0.29, 0.717) is 30.3 Å². The summed E-state index contributed by atoms with van der Waals surface area (Å²) < 4.78 is 16.2. The number of hydrogen-bond donors (Lipinski definition) is 2. The minimum Gasteiger partial charge on any atom is -0.493 e. The fraction of sp³-hybridized carbons (Fsp3) is 0.192. The Balaban J connectivity index is 1.43. The van der Waals surface area contributed by atoms with Crippen molar-refractivity contribution < 1.29 is 23.8 Å². The number of nitrogens with one attached hydrogen (secondary N) is 2. The largest absolute Gasteiger partial charge is 0.493 e. The first-order valence-corrected chi connectivity index (χ1v) is 10.7. The lowest BCUT2D eigenvalue weighted by Gasteiger charge is -2.10. The van der Waals surface area contributed by atoms with Crippen LogP contribution < -0.4 is 25.0 Å². The van der Waals surface area contributed by atoms with Crippen LogP contribution in [0.5, 0.6) is 17.2 Å². The molecule has 8 heteroatoms. The van der Waals surface area contributed by atoms with Crippen molar-refractivity contribution in [2.24, 2.45) is 5.10 Å². The van der Waals surface area contributed by atoms with E-state index in [1.807, 2.05) is 60.7 Å². The quantitative estimate of drug-likeness (QED) is 0.275. The smallest absolute Gasteiger partial charge is 0.329 e. The third-order valence-corrected chi connectivity index (χ3v) is 4.84. The zero-order chi connectivity index (χ0) is 24.2. The number of hydrazone groups is 1. The van der Waals surface area contributed by atoms with Gasteiger partial charge in [-0.15, -0.1) is 0 Å². The van der Waals surface area contributed by atoms with Gasteiger partial charge in [-0.25, -0.2) is 5.43 Å². The van der Waals surface area contributed by atoms with Crippen LogP contribution in [-0.2, 0) is 22.6 Å². The number of ether oxygens (including phenoxy) is 3. The fourth-order valence-electron chi connectivity index (χ4n) is 3.08. The Morgan fingerprint density at radius 1 is 0.853 bits per heavy atom. The van der Waals surface area contributed by atoms with Crippen molar-refractivity contribution in [3.63, 3.8) is 0 Å². The number of amides is 2. The summed E-state index contributed by atoms with van der Waals surface area (Å²) in [6.07, 6.45) is 1.97. The predicted octanol–water partition coefficient (Wildman–Crippen LogP) is 3.09. The maximum absolute atomic E-state index is 12.0. The molecule has 0 unspecified atom stereocenters. The van der Waals surface area contributed by atoms with E-state index in [2.05, 4.69) is 15.8 Å². The van der Waals surface area contributed by atoms with Gasteiger partial charge in [-0.1, -0.05) is 48.5 Å². The third kappa shape index (κ3) is 7.37. The minimum absolute atomic E-state index is 0.284. The summed E-state index contributed by atoms with van der Waals surface area (Å²) >= 11 is 0. The molecule has 0 aromatic heterocycles. The van der Waals surface area contributed by atoms with E-state index < -0.39 is 11.8 Å². The molecule has 3 aromatic rings. The Morgan fingerprint density at radius 2 is 1.65 bits per heavy atom. The minimum atomic E-state index is -0.847. The Bertz CT molecular complexity index is 1130. The van der Waals surface area contributed by atoms with Gasteiger partial charge in [0.05, 0.1) is 20.4 Å². The van der Waals surface area contributed by atoms with Crippen LogP contribution in [-0.4, -0.2) is 38.8 Å². The fourth-order valence-corrected chi connectivity index (χ4v) is 3.08. The highest BCUT2D eigenvalue weighted by Crippen LogP contribution is 2.27. The molecule has 0 bridgehead atoms. The molecule has 0 saturated carbocycles. The number of rotatable bonds is 10. The van der Waals surface area contributed by atoms with Gasteiger partial charge in [0.15, 0.2) is 11.5 Å². The van der Waals surface area contributed by atoms with Crippen molar-refractivity contribution in [1.29, 1.82) is 0 Å². The maximum Gasteiger partial charge on any atom is 0.329 e. The van der Waals surface area contributed by atoms with Crippen molar-refractivity contribution in [3.8, 4) is 17.2 Å². The lowest BCUT2D eigenvalue weighted by molar-refractivity contribution is -0.139. The summed E-state index contributed by atoms with van der Waals surface area (Å²) in [5.74, 6) is 0.290. The molecule has 0 aliphatic heterocycles. The van der Waals surface area contributed by atoms with Gasteiger partial charge in [0.1, 0.15) is 12.4 Å². The monoisotopic (exact) mass is 461 g/mol. The van der Waals surface area contributed by atoms with Gasteiger partial charge < -0.3 is 19.5 Å². The topological polar surface area (TPSA) is 98.2 Å². The first kappa shape index (κ1) is 24.3. The molecule has 2 amide bonds. The van der Waals surface area contributed by atoms with Crippen molar-refractivity contribution >= 4 is 18.0 Å². The van der Waals surface area contributed by atoms with Gasteiger partial charge in [0.2, 0.25) is 0 Å². The van der Waals surface area contributed by atoms with E-state index in [4.69, 9.17) is 14.2 Å². The summed E-state index contributed by atoms with van der Waals surface area (Å²) in [5, 5.41) is 6.43. The van der Waals surface area contributed by atoms with E-state index in [1.165, 1.54) is 6.21 Å². The molecule has 8 nitrogen and oxygen atoms in total. The first-order valence-electron chi connectivity index (χ1n) is 10.7. The molecule has 0 saturated heterocycles. The number of carbonyl (C=O) groups is 2. The van der Waals surface area contributed by atoms with Gasteiger partial charge in [0.25, 0.3) is 0 Å². The number of methoxy groups -OCH3 is 2. The van der Waals surface area contributed by atoms with E-state index in [0.717, 1.165) is 16.7 Å². The molecule has 0 fully saturated rings. The van der Waals surface area contributed by atoms with Gasteiger partial charge >= 0.3 is 11.8 Å². The summed E-state index contributed by atoms with van der Waals surface area (Å²) in [6, 6.07) is 22.6. The van der Waals surface area contributed by atoms with Crippen LogP contribution in [0, 0.1) is 0 Å². The van der Waals surface area contributed by atoms with Crippen molar-refractivity contribution in [2.75, 3.05) is 20.8 Å². The molecule has 0 spiro atoms. The van der Waals surface area contributed by atoms with Crippen LogP contribution in [0.3, 0.4) is 0 Å². The number of carbonyl (C=O) groups excluding carboxylic acids is 2. The zero-order valence-electron chi connectivity index (χ0n) is 19.1. The summed E-state index contributed by atoms with van der Waals surface area (Å²) in [7, 11) is 3.12. The first-order chi connectivity index (χ1) is 16.6. The van der Waals surface area contributed by atoms with Gasteiger partial charge in [0, 0.05) is 6.54 Å². The van der Waals surface area contributed by atoms with Crippen molar-refractivity contribution in [3.05, 3.63) is 89.5 Å². The molecule has 0 atom stereocenters. The number of nitrogens with zero attached hydrogens (tertiary/aromatic N) is 1. The second-order valence-corrected chi connectivity index (χ2v) is 7.24. The van der Waals surface area contributed by atoms with E-state index in [-0.39, 0.29) is 6.54 Å². The molecule has 3 rings (SSSR count). The molecule has 3 aromatic carbocycles. The second kappa shape index (κ2) is 12.6. The summed E-state index contributed by atoms with van der Waals surface area (Å²) in [4.78, 5) is 24.0. The molecule has 34 heavy (non-hydrogen) atoms. The Labute approximate surface area is 198 Å². The molecule has 0 heterocycles. The average Bonchev–Trinajstić information content (AvgIpc) is 2.88. The normalized spacial score (nSPS) is 10.5. The number of benzene rings is 3. The summed E-state index contributed by atoms with van der Waals surface area (Å²) in [6.45, 7) is 0.730. The second-order valence-electron chi connectivity index (χ2n) is 7.24. The lowest BCUT2D eigenvalue weighted by atomic mass is 10.1. The molecule has 0 aliphatic rings. The van der Waals surface area contributed by atoms with Crippen LogP contribution in [0.1, 0.15) is 16.7 Å². The average molecular weight is 462 g/mol. The van der Waals surface area contributed by atoms with Gasteiger partial charge in [-0.3, -0.25) is 9.59 Å². The Morgan fingerprint density at radius 3 is 2.41 bits per heavy atom. The van der Waals surface area contributed by atoms with Gasteiger partial charge in [-0.05, 0) is 47.4 Å². The zero-order valence-corrected chi connectivity index (χ0v) is 19.1. The highest BCUT2D eigenvalue weighted by atomic mass is 16.5. The van der Waals surface area contributed by atoms with Crippen LogP contribution in [0.15, 0.2) is 77.9 Å². The Kier molecular flexibility index (Phi) is 9.04.